The first-order valence-electron chi connectivity index (χ1n) is 6.16. The molecule has 0 saturated heterocycles. The fraction of sp³-hybridized carbons (Fsp3) is 0.538. The number of halogens is 2. The Morgan fingerprint density at radius 3 is 2.61 bits per heavy atom. The molecule has 2 aliphatic rings. The Morgan fingerprint density at radius 1 is 1.17 bits per heavy atom. The molecule has 0 aromatic heterocycles. The monoisotopic (exact) mass is 255 g/mol. The Hall–Kier alpha value is -1.36. The average molecular weight is 255 g/mol. The lowest BCUT2D eigenvalue weighted by atomic mass is 10.1. The van der Waals surface area contributed by atoms with Crippen molar-refractivity contribution in [1.29, 1.82) is 0 Å². The molecule has 98 valence electrons. The van der Waals surface area contributed by atoms with Gasteiger partial charge >= 0.3 is 0 Å². The van der Waals surface area contributed by atoms with Gasteiger partial charge in [0.1, 0.15) is 13.2 Å². The van der Waals surface area contributed by atoms with Crippen LogP contribution in [0.15, 0.2) is 18.2 Å². The molecule has 3 rings (SSSR count). The number of nitrogens with one attached hydrogen (secondary N) is 1. The molecule has 1 N–H and O–H groups in total. The standard InChI is InChI=1S/C13H15F2NO2/c14-13(15,8-16-10-2-3-10)9-1-4-11-12(7-9)18-6-5-17-11/h1,4,7,10,16H,2-3,5-6,8H2. The van der Waals surface area contributed by atoms with Crippen LogP contribution in [0.3, 0.4) is 0 Å². The summed E-state index contributed by atoms with van der Waals surface area (Å²) < 4.78 is 38.5. The highest BCUT2D eigenvalue weighted by Gasteiger charge is 2.35. The summed E-state index contributed by atoms with van der Waals surface area (Å²) in [5, 5.41) is 2.85. The molecule has 0 bridgehead atoms. The van der Waals surface area contributed by atoms with Gasteiger partial charge in [0.2, 0.25) is 0 Å². The molecule has 0 amide bonds. The van der Waals surface area contributed by atoms with Gasteiger partial charge in [-0.1, -0.05) is 0 Å². The van der Waals surface area contributed by atoms with Crippen LogP contribution in [-0.2, 0) is 5.92 Å². The van der Waals surface area contributed by atoms with Crippen LogP contribution in [-0.4, -0.2) is 25.8 Å². The topological polar surface area (TPSA) is 30.5 Å². The number of benzene rings is 1. The Morgan fingerprint density at radius 2 is 1.89 bits per heavy atom. The second-order valence-electron chi connectivity index (χ2n) is 4.72. The molecule has 0 unspecified atom stereocenters. The van der Waals surface area contributed by atoms with Gasteiger partial charge in [0.25, 0.3) is 5.92 Å². The zero-order chi connectivity index (χ0) is 12.6. The van der Waals surface area contributed by atoms with Crippen LogP contribution in [0.4, 0.5) is 8.78 Å². The van der Waals surface area contributed by atoms with Crippen molar-refractivity contribution in [1.82, 2.24) is 5.32 Å². The molecular weight excluding hydrogens is 240 g/mol. The largest absolute Gasteiger partial charge is 0.486 e. The Bertz CT molecular complexity index is 447. The Labute approximate surface area is 104 Å². The van der Waals surface area contributed by atoms with E-state index in [0.717, 1.165) is 12.8 Å². The van der Waals surface area contributed by atoms with Crippen LogP contribution >= 0.6 is 0 Å². The van der Waals surface area contributed by atoms with Gasteiger partial charge in [-0.25, -0.2) is 0 Å². The van der Waals surface area contributed by atoms with E-state index in [0.29, 0.717) is 24.7 Å². The van der Waals surface area contributed by atoms with Gasteiger partial charge in [0.05, 0.1) is 6.54 Å². The van der Waals surface area contributed by atoms with Crippen LogP contribution in [0.5, 0.6) is 11.5 Å². The van der Waals surface area contributed by atoms with Crippen molar-refractivity contribution in [3.63, 3.8) is 0 Å². The van der Waals surface area contributed by atoms with Gasteiger partial charge in [-0.05, 0) is 31.0 Å². The normalized spacial score (nSPS) is 18.8. The summed E-state index contributed by atoms with van der Waals surface area (Å²) in [6.45, 7) is 0.547. The van der Waals surface area contributed by atoms with Gasteiger partial charge in [-0.15, -0.1) is 0 Å². The maximum absolute atomic E-state index is 14.0. The van der Waals surface area contributed by atoms with E-state index in [9.17, 15) is 8.78 Å². The Kier molecular flexibility index (Phi) is 2.86. The van der Waals surface area contributed by atoms with Crippen LogP contribution < -0.4 is 14.8 Å². The van der Waals surface area contributed by atoms with Crippen LogP contribution in [0, 0.1) is 0 Å². The molecular formula is C13H15F2NO2. The lowest BCUT2D eigenvalue weighted by molar-refractivity contribution is -0.00393. The summed E-state index contributed by atoms with van der Waals surface area (Å²) in [5.41, 5.74) is -0.0279. The van der Waals surface area contributed by atoms with Gasteiger partial charge < -0.3 is 14.8 Å². The van der Waals surface area contributed by atoms with E-state index in [1.165, 1.54) is 12.1 Å². The minimum atomic E-state index is -2.88. The lowest BCUT2D eigenvalue weighted by Crippen LogP contribution is -2.32. The van der Waals surface area contributed by atoms with Gasteiger partial charge in [0, 0.05) is 11.6 Å². The van der Waals surface area contributed by atoms with E-state index >= 15 is 0 Å². The summed E-state index contributed by atoms with van der Waals surface area (Å²) in [4.78, 5) is 0. The maximum atomic E-state index is 14.0. The quantitative estimate of drug-likeness (QED) is 0.895. The lowest BCUT2D eigenvalue weighted by Gasteiger charge is -2.22. The molecule has 0 radical (unpaired) electrons. The molecule has 1 fully saturated rings. The summed E-state index contributed by atoms with van der Waals surface area (Å²) in [5.74, 6) is -1.93. The van der Waals surface area contributed by atoms with Crippen LogP contribution in [0.25, 0.3) is 0 Å². The molecule has 1 saturated carbocycles. The first-order valence-corrected chi connectivity index (χ1v) is 6.16. The molecule has 1 heterocycles. The van der Waals surface area contributed by atoms with Crippen molar-refractivity contribution in [3.05, 3.63) is 23.8 Å². The van der Waals surface area contributed by atoms with E-state index in [4.69, 9.17) is 9.47 Å². The molecule has 1 aromatic carbocycles. The molecule has 5 heteroatoms. The SMILES string of the molecule is FC(F)(CNC1CC1)c1ccc2c(c1)OCCO2. The van der Waals surface area contributed by atoms with Gasteiger partial charge in [-0.3, -0.25) is 0 Å². The first-order chi connectivity index (χ1) is 8.65. The number of hydrogen-bond acceptors (Lipinski definition) is 3. The molecule has 3 nitrogen and oxygen atoms in total. The van der Waals surface area contributed by atoms with Crippen molar-refractivity contribution in [3.8, 4) is 11.5 Å². The predicted octanol–water partition coefficient (Wildman–Crippen LogP) is 2.30. The minimum Gasteiger partial charge on any atom is -0.486 e. The predicted molar refractivity (Wildman–Crippen MR) is 62.4 cm³/mol. The van der Waals surface area contributed by atoms with E-state index in [2.05, 4.69) is 5.32 Å². The van der Waals surface area contributed by atoms with E-state index in [1.54, 1.807) is 6.07 Å². The molecule has 0 spiro atoms. The van der Waals surface area contributed by atoms with Crippen molar-refractivity contribution < 1.29 is 18.3 Å². The highest BCUT2D eigenvalue weighted by Crippen LogP contribution is 2.37. The van der Waals surface area contributed by atoms with E-state index in [-0.39, 0.29) is 18.2 Å². The zero-order valence-electron chi connectivity index (χ0n) is 9.92. The van der Waals surface area contributed by atoms with Gasteiger partial charge in [0.15, 0.2) is 11.5 Å². The van der Waals surface area contributed by atoms with Crippen molar-refractivity contribution in [2.24, 2.45) is 0 Å². The molecule has 0 atom stereocenters. The number of ether oxygens (including phenoxy) is 2. The third-order valence-electron chi connectivity index (χ3n) is 3.15. The summed E-state index contributed by atoms with van der Waals surface area (Å²) in [6, 6.07) is 4.60. The number of alkyl halides is 2. The minimum absolute atomic E-state index is 0.0279. The van der Waals surface area contributed by atoms with Gasteiger partial charge in [-0.2, -0.15) is 8.78 Å². The summed E-state index contributed by atoms with van der Waals surface area (Å²) in [7, 11) is 0. The first kappa shape index (κ1) is 11.7. The summed E-state index contributed by atoms with van der Waals surface area (Å²) in [6.07, 6.45) is 1.99. The average Bonchev–Trinajstić information content (AvgIpc) is 3.20. The molecule has 18 heavy (non-hydrogen) atoms. The van der Waals surface area contributed by atoms with E-state index < -0.39 is 5.92 Å². The van der Waals surface area contributed by atoms with Crippen LogP contribution in [0.2, 0.25) is 0 Å². The second-order valence-corrected chi connectivity index (χ2v) is 4.72. The maximum Gasteiger partial charge on any atom is 0.285 e. The van der Waals surface area contributed by atoms with E-state index in [1.807, 2.05) is 0 Å². The molecule has 1 aliphatic heterocycles. The third-order valence-corrected chi connectivity index (χ3v) is 3.15. The van der Waals surface area contributed by atoms with Crippen molar-refractivity contribution in [2.75, 3.05) is 19.8 Å². The fourth-order valence-corrected chi connectivity index (χ4v) is 1.93. The highest BCUT2D eigenvalue weighted by molar-refractivity contribution is 5.45. The van der Waals surface area contributed by atoms with Crippen LogP contribution in [0.1, 0.15) is 18.4 Å². The number of fused-ring (bicyclic) bond motifs is 1. The number of rotatable bonds is 4. The van der Waals surface area contributed by atoms with Crippen molar-refractivity contribution in [2.45, 2.75) is 24.8 Å². The highest BCUT2D eigenvalue weighted by atomic mass is 19.3. The fourth-order valence-electron chi connectivity index (χ4n) is 1.93. The summed E-state index contributed by atoms with van der Waals surface area (Å²) >= 11 is 0. The zero-order valence-corrected chi connectivity index (χ0v) is 9.92. The Balaban J connectivity index is 1.76. The molecule has 1 aliphatic carbocycles. The smallest absolute Gasteiger partial charge is 0.285 e. The van der Waals surface area contributed by atoms with Crippen molar-refractivity contribution >= 4 is 0 Å². The number of hydrogen-bond donors (Lipinski definition) is 1. The third kappa shape index (κ3) is 2.41. The molecule has 1 aromatic rings. The second kappa shape index (κ2) is 4.39.